The zero-order valence-electron chi connectivity index (χ0n) is 12.2. The van der Waals surface area contributed by atoms with Crippen LogP contribution in [0.25, 0.3) is 0 Å². The van der Waals surface area contributed by atoms with Crippen LogP contribution in [0.15, 0.2) is 24.3 Å². The summed E-state index contributed by atoms with van der Waals surface area (Å²) in [7, 11) is 0. The fourth-order valence-electron chi connectivity index (χ4n) is 3.73. The van der Waals surface area contributed by atoms with Crippen LogP contribution in [0, 0.1) is 12.8 Å². The summed E-state index contributed by atoms with van der Waals surface area (Å²) < 4.78 is 0. The van der Waals surface area contributed by atoms with Gasteiger partial charge in [-0.25, -0.2) is 0 Å². The van der Waals surface area contributed by atoms with Crippen LogP contribution in [0.1, 0.15) is 49.3 Å². The van der Waals surface area contributed by atoms with Crippen LogP contribution in [0.2, 0.25) is 0 Å². The Balaban J connectivity index is 1.77. The molecule has 2 aliphatic rings. The van der Waals surface area contributed by atoms with Crippen LogP contribution in [0.3, 0.4) is 0 Å². The lowest BCUT2D eigenvalue weighted by Gasteiger charge is -2.28. The lowest BCUT2D eigenvalue weighted by molar-refractivity contribution is -0.136. The molecule has 1 saturated carbocycles. The van der Waals surface area contributed by atoms with Crippen molar-refractivity contribution in [1.29, 1.82) is 0 Å². The predicted molar refractivity (Wildman–Crippen MR) is 80.2 cm³/mol. The molecule has 3 unspecified atom stereocenters. The third-order valence-corrected chi connectivity index (χ3v) is 4.79. The molecule has 108 valence electrons. The predicted octanol–water partition coefficient (Wildman–Crippen LogP) is 2.79. The summed E-state index contributed by atoms with van der Waals surface area (Å²) >= 11 is 0. The van der Waals surface area contributed by atoms with Crippen LogP contribution in [0.5, 0.6) is 0 Å². The molecule has 3 rings (SSSR count). The monoisotopic (exact) mass is 272 g/mol. The second-order valence-corrected chi connectivity index (χ2v) is 6.37. The zero-order valence-corrected chi connectivity index (χ0v) is 12.2. The first-order valence-electron chi connectivity index (χ1n) is 7.78. The lowest BCUT2D eigenvalue weighted by atomic mass is 10.0. The molecular formula is C17H24N2O. The summed E-state index contributed by atoms with van der Waals surface area (Å²) in [4.78, 5) is 14.8. The number of carbonyl (C=O) groups is 1. The largest absolute Gasteiger partial charge is 0.335 e. The highest BCUT2D eigenvalue weighted by Gasteiger charge is 2.36. The number of aryl methyl sites for hydroxylation is 1. The Kier molecular flexibility index (Phi) is 3.79. The molecule has 1 aliphatic heterocycles. The molecule has 1 aromatic rings. The number of rotatable bonds is 2. The van der Waals surface area contributed by atoms with Gasteiger partial charge in [-0.15, -0.1) is 0 Å². The molecule has 2 fully saturated rings. The highest BCUT2D eigenvalue weighted by atomic mass is 16.2. The van der Waals surface area contributed by atoms with E-state index < -0.39 is 0 Å². The highest BCUT2D eigenvalue weighted by Crippen LogP contribution is 2.36. The first-order chi connectivity index (χ1) is 9.65. The Morgan fingerprint density at radius 3 is 2.85 bits per heavy atom. The average molecular weight is 272 g/mol. The van der Waals surface area contributed by atoms with Crippen molar-refractivity contribution in [3.8, 4) is 0 Å². The third-order valence-electron chi connectivity index (χ3n) is 4.79. The normalized spacial score (nSPS) is 29.9. The molecule has 20 heavy (non-hydrogen) atoms. The molecule has 2 N–H and O–H groups in total. The smallest absolute Gasteiger partial charge is 0.226 e. The Hall–Kier alpha value is -1.35. The first kappa shape index (κ1) is 13.6. The van der Waals surface area contributed by atoms with Gasteiger partial charge in [0.1, 0.15) is 0 Å². The molecular weight excluding hydrogens is 248 g/mol. The summed E-state index contributed by atoms with van der Waals surface area (Å²) in [6.07, 6.45) is 5.04. The van der Waals surface area contributed by atoms with Crippen LogP contribution in [-0.2, 0) is 4.79 Å². The Morgan fingerprint density at radius 2 is 2.15 bits per heavy atom. The average Bonchev–Trinajstić information content (AvgIpc) is 3.06. The molecule has 3 heteroatoms. The third kappa shape index (κ3) is 2.59. The van der Waals surface area contributed by atoms with Gasteiger partial charge in [-0.2, -0.15) is 0 Å². The van der Waals surface area contributed by atoms with Crippen molar-refractivity contribution in [3.63, 3.8) is 0 Å². The van der Waals surface area contributed by atoms with Gasteiger partial charge in [0.15, 0.2) is 0 Å². The van der Waals surface area contributed by atoms with E-state index in [4.69, 9.17) is 5.73 Å². The summed E-state index contributed by atoms with van der Waals surface area (Å²) in [6.45, 7) is 3.02. The molecule has 3 nitrogen and oxygen atoms in total. The maximum Gasteiger partial charge on any atom is 0.226 e. The number of hydrogen-bond donors (Lipinski definition) is 1. The van der Waals surface area contributed by atoms with E-state index in [1.807, 2.05) is 0 Å². The minimum atomic E-state index is 0.162. The lowest BCUT2D eigenvalue weighted by Crippen LogP contribution is -2.35. The minimum Gasteiger partial charge on any atom is -0.335 e. The molecule has 1 amide bonds. The van der Waals surface area contributed by atoms with E-state index in [1.165, 1.54) is 11.1 Å². The highest BCUT2D eigenvalue weighted by molar-refractivity contribution is 5.80. The second kappa shape index (κ2) is 5.57. The van der Waals surface area contributed by atoms with Crippen molar-refractivity contribution >= 4 is 5.91 Å². The van der Waals surface area contributed by atoms with Crippen molar-refractivity contribution < 1.29 is 4.79 Å². The van der Waals surface area contributed by atoms with Gasteiger partial charge in [-0.3, -0.25) is 4.79 Å². The molecule has 3 atom stereocenters. The van der Waals surface area contributed by atoms with E-state index in [0.717, 1.165) is 38.6 Å². The van der Waals surface area contributed by atoms with Crippen LogP contribution in [-0.4, -0.2) is 23.4 Å². The van der Waals surface area contributed by atoms with Crippen molar-refractivity contribution in [2.75, 3.05) is 6.54 Å². The zero-order chi connectivity index (χ0) is 14.1. The molecule has 1 aromatic carbocycles. The van der Waals surface area contributed by atoms with Gasteiger partial charge in [0.2, 0.25) is 5.91 Å². The van der Waals surface area contributed by atoms with Gasteiger partial charge in [0, 0.05) is 18.5 Å². The Bertz CT molecular complexity index is 500. The van der Waals surface area contributed by atoms with E-state index in [9.17, 15) is 4.79 Å². The van der Waals surface area contributed by atoms with Crippen LogP contribution >= 0.6 is 0 Å². The molecule has 0 spiro atoms. The molecule has 0 radical (unpaired) electrons. The van der Waals surface area contributed by atoms with Crippen molar-refractivity contribution in [2.45, 2.75) is 51.1 Å². The number of nitrogens with two attached hydrogens (primary N) is 1. The van der Waals surface area contributed by atoms with Gasteiger partial charge < -0.3 is 10.6 Å². The fraction of sp³-hybridized carbons (Fsp3) is 0.588. The van der Waals surface area contributed by atoms with Gasteiger partial charge in [0.05, 0.1) is 6.04 Å². The van der Waals surface area contributed by atoms with Gasteiger partial charge in [-0.05, 0) is 44.6 Å². The summed E-state index contributed by atoms with van der Waals surface area (Å²) in [6, 6.07) is 9.08. The summed E-state index contributed by atoms with van der Waals surface area (Å²) in [5.41, 5.74) is 8.51. The second-order valence-electron chi connectivity index (χ2n) is 6.37. The van der Waals surface area contributed by atoms with Crippen LogP contribution < -0.4 is 5.73 Å². The minimum absolute atomic E-state index is 0.162. The van der Waals surface area contributed by atoms with Crippen molar-refractivity contribution in [1.82, 2.24) is 4.90 Å². The summed E-state index contributed by atoms with van der Waals surface area (Å²) in [5.74, 6) is 0.498. The maximum absolute atomic E-state index is 12.7. The van der Waals surface area contributed by atoms with E-state index in [1.54, 1.807) is 0 Å². The number of hydrogen-bond acceptors (Lipinski definition) is 2. The number of carbonyl (C=O) groups excluding carboxylic acids is 1. The van der Waals surface area contributed by atoms with E-state index in [-0.39, 0.29) is 18.0 Å². The van der Waals surface area contributed by atoms with Crippen LogP contribution in [0.4, 0.5) is 0 Å². The number of likely N-dealkylation sites (tertiary alicyclic amines) is 1. The number of benzene rings is 1. The Labute approximate surface area is 121 Å². The quantitative estimate of drug-likeness (QED) is 0.900. The number of amides is 1. The fourth-order valence-corrected chi connectivity index (χ4v) is 3.73. The molecule has 0 bridgehead atoms. The molecule has 0 aromatic heterocycles. The molecule has 1 saturated heterocycles. The topological polar surface area (TPSA) is 46.3 Å². The first-order valence-corrected chi connectivity index (χ1v) is 7.78. The van der Waals surface area contributed by atoms with Crippen molar-refractivity contribution in [3.05, 3.63) is 35.4 Å². The van der Waals surface area contributed by atoms with Gasteiger partial charge in [-0.1, -0.05) is 29.8 Å². The number of nitrogens with zero attached hydrogens (tertiary/aromatic N) is 1. The molecule has 1 aliphatic carbocycles. The SMILES string of the molecule is Cc1cccc(C2CCCN2C(=O)C2CCC(N)C2)c1. The van der Waals surface area contributed by atoms with Gasteiger partial charge in [0.25, 0.3) is 0 Å². The van der Waals surface area contributed by atoms with E-state index in [2.05, 4.69) is 36.1 Å². The standard InChI is InChI=1S/C17H24N2O/c1-12-4-2-5-13(10-12)16-6-3-9-19(16)17(20)14-7-8-15(18)11-14/h2,4-5,10,14-16H,3,6-9,11,18H2,1H3. The Morgan fingerprint density at radius 1 is 1.30 bits per heavy atom. The molecule has 1 heterocycles. The summed E-state index contributed by atoms with van der Waals surface area (Å²) in [5, 5.41) is 0. The van der Waals surface area contributed by atoms with Gasteiger partial charge >= 0.3 is 0 Å². The van der Waals surface area contributed by atoms with E-state index >= 15 is 0 Å². The maximum atomic E-state index is 12.7. The van der Waals surface area contributed by atoms with Crippen molar-refractivity contribution in [2.24, 2.45) is 11.7 Å². The van der Waals surface area contributed by atoms with E-state index in [0.29, 0.717) is 5.91 Å².